The van der Waals surface area contributed by atoms with Crippen molar-refractivity contribution in [2.24, 2.45) is 0 Å². The summed E-state index contributed by atoms with van der Waals surface area (Å²) in [4.78, 5) is 90.5. The third-order valence-electron chi connectivity index (χ3n) is 8.78. The second-order valence-electron chi connectivity index (χ2n) is 13.3. The van der Waals surface area contributed by atoms with Crippen molar-refractivity contribution in [3.63, 3.8) is 0 Å². The van der Waals surface area contributed by atoms with Gasteiger partial charge in [0.2, 0.25) is 29.9 Å². The number of alkyl carbamates (subject to hydrolysis) is 2. The van der Waals surface area contributed by atoms with E-state index in [1.165, 1.54) is 0 Å². The van der Waals surface area contributed by atoms with E-state index in [0.717, 1.165) is 13.8 Å². The Bertz CT molecular complexity index is 1860. The molecule has 4 aromatic carbocycles. The van der Waals surface area contributed by atoms with Crippen LogP contribution in [0.4, 0.5) is 18.4 Å². The van der Waals surface area contributed by atoms with Crippen LogP contribution < -0.4 is 21.3 Å². The first kappa shape index (κ1) is 44.0. The molecule has 304 valence electrons. The minimum Gasteiger partial charge on any atom is -0.445 e. The second kappa shape index (κ2) is 22.1. The molecule has 4 N–H and O–H groups in total. The highest BCUT2D eigenvalue weighted by Crippen LogP contribution is 2.12. The fourth-order valence-electron chi connectivity index (χ4n) is 5.55. The number of hydrogen-bond donors (Lipinski definition) is 4. The quantitative estimate of drug-likeness (QED) is 0.0938. The van der Waals surface area contributed by atoms with Gasteiger partial charge in [0.05, 0.1) is 12.1 Å². The largest absolute Gasteiger partial charge is 0.445 e. The topological polar surface area (TPSA) is 186 Å². The molecule has 0 aliphatic rings. The van der Waals surface area contributed by atoms with Crippen LogP contribution in [-0.2, 0) is 59.5 Å². The number of halogens is 2. The van der Waals surface area contributed by atoms with Crippen LogP contribution in [0.3, 0.4) is 0 Å². The van der Waals surface area contributed by atoms with Crippen molar-refractivity contribution in [2.45, 2.75) is 76.4 Å². The van der Waals surface area contributed by atoms with E-state index in [1.54, 1.807) is 121 Å². The first-order valence-corrected chi connectivity index (χ1v) is 18.3. The number of hydrogen-bond acceptors (Lipinski definition) is 9. The maximum atomic E-state index is 15.3. The fourth-order valence-corrected chi connectivity index (χ4v) is 5.55. The highest BCUT2D eigenvalue weighted by atomic mass is 19.1. The molecule has 0 saturated carbocycles. The summed E-state index contributed by atoms with van der Waals surface area (Å²) in [5.41, 5.74) is 2.60. The summed E-state index contributed by atoms with van der Waals surface area (Å²) in [7, 11) is 0. The van der Waals surface area contributed by atoms with Crippen molar-refractivity contribution in [3.05, 3.63) is 144 Å². The van der Waals surface area contributed by atoms with Crippen LogP contribution in [-0.4, -0.2) is 77.9 Å². The standard InChI is InChI=1S/C43H44F2N4O9/c1-27(46-40(53)33(23-29-15-7-3-8-16-29)48-42(55)57-25-31-19-11-5-12-20-31)37(50)35(44)39(52)36(45)38(51)28(2)47-41(54)34(24-30-17-9-4-10-18-30)49-43(56)58-26-32-21-13-6-14-22-32/h3-22,27-28,33-36H,23-26H2,1-2H3,(H,46,53)(H,47,54)(H,48,55)(H,49,56)/t27-,28-,33-,34-,35?,36?/m0/s1. The lowest BCUT2D eigenvalue weighted by molar-refractivity contribution is -0.144. The maximum Gasteiger partial charge on any atom is 0.408 e. The van der Waals surface area contributed by atoms with Crippen molar-refractivity contribution in [1.29, 1.82) is 0 Å². The minimum atomic E-state index is -3.18. The lowest BCUT2D eigenvalue weighted by atomic mass is 9.98. The van der Waals surface area contributed by atoms with E-state index >= 15 is 8.78 Å². The lowest BCUT2D eigenvalue weighted by Gasteiger charge is -2.23. The molecule has 4 aromatic rings. The maximum absolute atomic E-state index is 15.3. The van der Waals surface area contributed by atoms with Crippen LogP contribution in [0.1, 0.15) is 36.1 Å². The van der Waals surface area contributed by atoms with Gasteiger partial charge in [-0.25, -0.2) is 18.4 Å². The molecule has 0 aromatic heterocycles. The van der Waals surface area contributed by atoms with Gasteiger partial charge in [-0.05, 0) is 36.1 Å². The number of carbonyl (C=O) groups is 7. The molecule has 0 aliphatic heterocycles. The summed E-state index contributed by atoms with van der Waals surface area (Å²) < 4.78 is 41.0. The van der Waals surface area contributed by atoms with Crippen molar-refractivity contribution < 1.29 is 51.8 Å². The molecule has 6 atom stereocenters. The lowest BCUT2D eigenvalue weighted by Crippen LogP contribution is -2.55. The van der Waals surface area contributed by atoms with E-state index in [-0.39, 0.29) is 26.1 Å². The third-order valence-corrected chi connectivity index (χ3v) is 8.78. The predicted octanol–water partition coefficient (Wildman–Crippen LogP) is 4.45. The summed E-state index contributed by atoms with van der Waals surface area (Å²) in [6, 6.07) is 28.5. The molecule has 2 unspecified atom stereocenters. The molecule has 4 amide bonds. The third kappa shape index (κ3) is 13.8. The average Bonchev–Trinajstić information content (AvgIpc) is 3.24. The van der Waals surface area contributed by atoms with Crippen molar-refractivity contribution in [1.82, 2.24) is 21.3 Å². The molecule has 4 rings (SSSR count). The van der Waals surface area contributed by atoms with Gasteiger partial charge in [0.1, 0.15) is 25.3 Å². The van der Waals surface area contributed by atoms with Gasteiger partial charge >= 0.3 is 12.2 Å². The van der Waals surface area contributed by atoms with Crippen LogP contribution >= 0.6 is 0 Å². The van der Waals surface area contributed by atoms with E-state index in [4.69, 9.17) is 9.47 Å². The molecule has 58 heavy (non-hydrogen) atoms. The first-order chi connectivity index (χ1) is 27.8. The molecular formula is C43H44F2N4O9. The molecule has 0 saturated heterocycles. The van der Waals surface area contributed by atoms with Gasteiger partial charge in [-0.1, -0.05) is 121 Å². The average molecular weight is 799 g/mol. The number of rotatable bonds is 20. The normalized spacial score (nSPS) is 13.9. The Hall–Kier alpha value is -6.77. The van der Waals surface area contributed by atoms with E-state index in [0.29, 0.717) is 22.3 Å². The molecule has 15 heteroatoms. The number of Topliss-reactive ketones (excluding diaryl/α,β-unsaturated/α-hetero) is 3. The van der Waals surface area contributed by atoms with Crippen LogP contribution in [0, 0.1) is 0 Å². The van der Waals surface area contributed by atoms with Gasteiger partial charge in [-0.15, -0.1) is 0 Å². The van der Waals surface area contributed by atoms with Crippen LogP contribution in [0.5, 0.6) is 0 Å². The SMILES string of the molecule is C[C@H](NC(=O)[C@H](Cc1ccccc1)NC(=O)OCc1ccccc1)C(=O)C(F)C(=O)C(F)C(=O)[C@H](C)NC(=O)[C@H](Cc1ccccc1)NC(=O)OCc1ccccc1. The van der Waals surface area contributed by atoms with Crippen molar-refractivity contribution in [2.75, 3.05) is 0 Å². The Morgan fingerprint density at radius 2 is 0.741 bits per heavy atom. The highest BCUT2D eigenvalue weighted by molar-refractivity contribution is 6.18. The molecule has 0 heterocycles. The molecule has 13 nitrogen and oxygen atoms in total. The van der Waals surface area contributed by atoms with Crippen LogP contribution in [0.2, 0.25) is 0 Å². The Labute approximate surface area is 333 Å². The smallest absolute Gasteiger partial charge is 0.408 e. The number of alkyl halides is 2. The molecular weight excluding hydrogens is 754 g/mol. The number of carbonyl (C=O) groups excluding carboxylic acids is 7. The van der Waals surface area contributed by atoms with Crippen molar-refractivity contribution >= 4 is 41.4 Å². The van der Waals surface area contributed by atoms with Gasteiger partial charge in [0.15, 0.2) is 11.6 Å². The summed E-state index contributed by atoms with van der Waals surface area (Å²) in [6.07, 6.45) is -8.40. The number of ether oxygens (including phenoxy) is 2. The minimum absolute atomic E-state index is 0.0622. The summed E-state index contributed by atoms with van der Waals surface area (Å²) in [6.45, 7) is 1.90. The highest BCUT2D eigenvalue weighted by Gasteiger charge is 2.41. The van der Waals surface area contributed by atoms with Gasteiger partial charge < -0.3 is 30.7 Å². The number of nitrogens with one attached hydrogen (secondary N) is 4. The fraction of sp³-hybridized carbons (Fsp3) is 0.279. The summed E-state index contributed by atoms with van der Waals surface area (Å²) >= 11 is 0. The van der Waals surface area contributed by atoms with Gasteiger partial charge in [-0.3, -0.25) is 24.0 Å². The van der Waals surface area contributed by atoms with Crippen LogP contribution in [0.15, 0.2) is 121 Å². The zero-order valence-electron chi connectivity index (χ0n) is 31.8. The Kier molecular flexibility index (Phi) is 16.7. The van der Waals surface area contributed by atoms with Crippen LogP contribution in [0.25, 0.3) is 0 Å². The molecule has 0 radical (unpaired) electrons. The summed E-state index contributed by atoms with van der Waals surface area (Å²) in [5, 5.41) is 9.32. The Balaban J connectivity index is 1.34. The van der Waals surface area contributed by atoms with E-state index in [9.17, 15) is 33.6 Å². The zero-order chi connectivity index (χ0) is 42.0. The predicted molar refractivity (Wildman–Crippen MR) is 207 cm³/mol. The Morgan fingerprint density at radius 1 is 0.448 bits per heavy atom. The van der Waals surface area contributed by atoms with Gasteiger partial charge in [0, 0.05) is 12.8 Å². The number of benzene rings is 4. The number of ketones is 3. The Morgan fingerprint density at radius 3 is 1.05 bits per heavy atom. The molecule has 0 fully saturated rings. The summed E-state index contributed by atoms with van der Waals surface area (Å²) in [5.74, 6) is -7.03. The van der Waals surface area contributed by atoms with Gasteiger partial charge in [-0.2, -0.15) is 0 Å². The van der Waals surface area contributed by atoms with E-state index in [2.05, 4.69) is 21.3 Å². The van der Waals surface area contributed by atoms with Crippen molar-refractivity contribution in [3.8, 4) is 0 Å². The molecule has 0 bridgehead atoms. The molecule has 0 spiro atoms. The second-order valence-corrected chi connectivity index (χ2v) is 13.3. The van der Waals surface area contributed by atoms with E-state index < -0.39 is 77.9 Å². The molecule has 0 aliphatic carbocycles. The monoisotopic (exact) mass is 798 g/mol. The van der Waals surface area contributed by atoms with Gasteiger partial charge in [0.25, 0.3) is 0 Å². The zero-order valence-corrected chi connectivity index (χ0v) is 31.8. The van der Waals surface area contributed by atoms with E-state index in [1.807, 2.05) is 0 Å². The number of amides is 4. The first-order valence-electron chi connectivity index (χ1n) is 18.3.